The van der Waals surface area contributed by atoms with Gasteiger partial charge in [-0.1, -0.05) is 18.2 Å². The van der Waals surface area contributed by atoms with E-state index < -0.39 is 18.0 Å². The van der Waals surface area contributed by atoms with Crippen molar-refractivity contribution in [3.05, 3.63) is 35.6 Å². The highest BCUT2D eigenvalue weighted by molar-refractivity contribution is 5.96. The average molecular weight is 333 g/mol. The molecule has 7 heteroatoms. The van der Waals surface area contributed by atoms with E-state index in [9.17, 15) is 14.4 Å². The average Bonchev–Trinajstić information content (AvgIpc) is 2.91. The summed E-state index contributed by atoms with van der Waals surface area (Å²) in [5.74, 6) is -1.54. The van der Waals surface area contributed by atoms with Crippen LogP contribution in [-0.2, 0) is 25.7 Å². The monoisotopic (exact) mass is 333 g/mol. The molecular weight excluding hydrogens is 314 g/mol. The summed E-state index contributed by atoms with van der Waals surface area (Å²) in [6.45, 7) is 4.56. The Kier molecular flexibility index (Phi) is 5.57. The van der Waals surface area contributed by atoms with Crippen LogP contribution in [0.2, 0.25) is 0 Å². The summed E-state index contributed by atoms with van der Waals surface area (Å²) in [5, 5.41) is 3.11. The standard InChI is InChI=1S/C17H19NO6/c1-4-22-17(21)15-13(12-7-5-6-8-14(12)24-15)9-23-16(20)10(2)18-11(3)19/h5-8,10H,4,9H2,1-3H3,(H,18,19). The first kappa shape index (κ1) is 17.5. The van der Waals surface area contributed by atoms with Crippen molar-refractivity contribution in [2.75, 3.05) is 6.61 Å². The SMILES string of the molecule is CCOC(=O)c1oc2ccccc2c1COC(=O)C(C)NC(C)=O. The predicted molar refractivity (Wildman–Crippen MR) is 85.2 cm³/mol. The molecule has 24 heavy (non-hydrogen) atoms. The van der Waals surface area contributed by atoms with Gasteiger partial charge in [0.15, 0.2) is 0 Å². The highest BCUT2D eigenvalue weighted by atomic mass is 16.5. The molecule has 1 heterocycles. The van der Waals surface area contributed by atoms with Crippen LogP contribution < -0.4 is 5.32 Å². The van der Waals surface area contributed by atoms with Gasteiger partial charge in [-0.05, 0) is 19.9 Å². The largest absolute Gasteiger partial charge is 0.460 e. The molecule has 1 amide bonds. The number of hydrogen-bond donors (Lipinski definition) is 1. The third-order valence-electron chi connectivity index (χ3n) is 3.29. The van der Waals surface area contributed by atoms with Crippen molar-refractivity contribution in [2.45, 2.75) is 33.4 Å². The van der Waals surface area contributed by atoms with Gasteiger partial charge in [-0.2, -0.15) is 0 Å². The summed E-state index contributed by atoms with van der Waals surface area (Å²) < 4.78 is 15.7. The van der Waals surface area contributed by atoms with E-state index in [4.69, 9.17) is 13.9 Å². The van der Waals surface area contributed by atoms with Gasteiger partial charge in [-0.3, -0.25) is 4.79 Å². The van der Waals surface area contributed by atoms with Crippen molar-refractivity contribution in [2.24, 2.45) is 0 Å². The van der Waals surface area contributed by atoms with Crippen LogP contribution in [0.1, 0.15) is 36.9 Å². The third kappa shape index (κ3) is 3.92. The van der Waals surface area contributed by atoms with E-state index in [2.05, 4.69) is 5.32 Å². The van der Waals surface area contributed by atoms with Crippen molar-refractivity contribution in [1.82, 2.24) is 5.32 Å². The minimum absolute atomic E-state index is 0.0121. The molecule has 0 fully saturated rings. The maximum atomic E-state index is 12.0. The normalized spacial score (nSPS) is 11.8. The van der Waals surface area contributed by atoms with Gasteiger partial charge >= 0.3 is 11.9 Å². The number of nitrogens with one attached hydrogen (secondary N) is 1. The first-order valence-electron chi connectivity index (χ1n) is 7.55. The molecule has 0 saturated carbocycles. The molecule has 0 bridgehead atoms. The van der Waals surface area contributed by atoms with Gasteiger partial charge in [0.2, 0.25) is 11.7 Å². The van der Waals surface area contributed by atoms with E-state index in [0.717, 1.165) is 0 Å². The molecule has 0 aliphatic carbocycles. The number of rotatable bonds is 6. The van der Waals surface area contributed by atoms with Gasteiger partial charge in [-0.25, -0.2) is 9.59 Å². The first-order valence-corrected chi connectivity index (χ1v) is 7.55. The van der Waals surface area contributed by atoms with Crippen LogP contribution in [0.15, 0.2) is 28.7 Å². The molecule has 0 spiro atoms. The molecule has 1 atom stereocenters. The number of esters is 2. The number of furan rings is 1. The number of benzene rings is 1. The van der Waals surface area contributed by atoms with Gasteiger partial charge in [-0.15, -0.1) is 0 Å². The summed E-state index contributed by atoms with van der Waals surface area (Å²) in [5.41, 5.74) is 0.939. The summed E-state index contributed by atoms with van der Waals surface area (Å²) in [7, 11) is 0. The fraction of sp³-hybridized carbons (Fsp3) is 0.353. The smallest absolute Gasteiger partial charge is 0.374 e. The van der Waals surface area contributed by atoms with Crippen LogP contribution in [0.5, 0.6) is 0 Å². The van der Waals surface area contributed by atoms with Crippen LogP contribution in [0.4, 0.5) is 0 Å². The Hall–Kier alpha value is -2.83. The second-order valence-corrected chi connectivity index (χ2v) is 5.16. The number of fused-ring (bicyclic) bond motifs is 1. The quantitative estimate of drug-likeness (QED) is 0.814. The van der Waals surface area contributed by atoms with Crippen molar-refractivity contribution in [3.63, 3.8) is 0 Å². The number of hydrogen-bond acceptors (Lipinski definition) is 6. The Morgan fingerprint density at radius 3 is 2.58 bits per heavy atom. The Morgan fingerprint density at radius 2 is 1.92 bits per heavy atom. The molecule has 0 aliphatic rings. The van der Waals surface area contributed by atoms with E-state index in [1.165, 1.54) is 13.8 Å². The molecule has 2 aromatic rings. The Balaban J connectivity index is 2.23. The molecule has 7 nitrogen and oxygen atoms in total. The fourth-order valence-electron chi connectivity index (χ4n) is 2.24. The first-order chi connectivity index (χ1) is 11.4. The topological polar surface area (TPSA) is 94.8 Å². The minimum Gasteiger partial charge on any atom is -0.460 e. The lowest BCUT2D eigenvalue weighted by Crippen LogP contribution is -2.38. The molecule has 1 aromatic heterocycles. The molecule has 1 aromatic carbocycles. The van der Waals surface area contributed by atoms with E-state index >= 15 is 0 Å². The summed E-state index contributed by atoms with van der Waals surface area (Å²) in [6, 6.07) is 6.25. The maximum absolute atomic E-state index is 12.0. The molecular formula is C17H19NO6. The zero-order valence-electron chi connectivity index (χ0n) is 13.8. The Labute approximate surface area is 138 Å². The van der Waals surface area contributed by atoms with Gasteiger partial charge in [0.25, 0.3) is 0 Å². The van der Waals surface area contributed by atoms with Gasteiger partial charge < -0.3 is 19.2 Å². The Bertz CT molecular complexity index is 764. The summed E-state index contributed by atoms with van der Waals surface area (Å²) in [6.07, 6.45) is 0. The van der Waals surface area contributed by atoms with Crippen LogP contribution in [0, 0.1) is 0 Å². The van der Waals surface area contributed by atoms with E-state index in [0.29, 0.717) is 16.5 Å². The number of carbonyl (C=O) groups excluding carboxylic acids is 3. The highest BCUT2D eigenvalue weighted by Gasteiger charge is 2.23. The van der Waals surface area contributed by atoms with Crippen LogP contribution in [0.3, 0.4) is 0 Å². The third-order valence-corrected chi connectivity index (χ3v) is 3.29. The van der Waals surface area contributed by atoms with Gasteiger partial charge in [0.05, 0.1) is 12.2 Å². The number of ether oxygens (including phenoxy) is 2. The van der Waals surface area contributed by atoms with E-state index in [-0.39, 0.29) is 24.9 Å². The summed E-state index contributed by atoms with van der Waals surface area (Å²) in [4.78, 5) is 35.0. The number of carbonyl (C=O) groups is 3. The lowest BCUT2D eigenvalue weighted by atomic mass is 10.1. The molecule has 1 N–H and O–H groups in total. The molecule has 0 saturated heterocycles. The highest BCUT2D eigenvalue weighted by Crippen LogP contribution is 2.27. The predicted octanol–water partition coefficient (Wildman–Crippen LogP) is 2.18. The second-order valence-electron chi connectivity index (χ2n) is 5.16. The van der Waals surface area contributed by atoms with E-state index in [1.54, 1.807) is 31.2 Å². The van der Waals surface area contributed by atoms with Gasteiger partial charge in [0.1, 0.15) is 18.2 Å². The van der Waals surface area contributed by atoms with Gasteiger partial charge in [0, 0.05) is 12.3 Å². The zero-order valence-corrected chi connectivity index (χ0v) is 13.8. The molecule has 0 aliphatic heterocycles. The lowest BCUT2D eigenvalue weighted by molar-refractivity contribution is -0.148. The Morgan fingerprint density at radius 1 is 1.21 bits per heavy atom. The van der Waals surface area contributed by atoms with Crippen molar-refractivity contribution >= 4 is 28.8 Å². The lowest BCUT2D eigenvalue weighted by Gasteiger charge is -2.12. The summed E-state index contributed by atoms with van der Waals surface area (Å²) >= 11 is 0. The van der Waals surface area contributed by atoms with Crippen LogP contribution in [0.25, 0.3) is 11.0 Å². The maximum Gasteiger partial charge on any atom is 0.374 e. The molecule has 1 unspecified atom stereocenters. The van der Waals surface area contributed by atoms with Crippen LogP contribution in [-0.4, -0.2) is 30.5 Å². The minimum atomic E-state index is -0.785. The molecule has 128 valence electrons. The molecule has 2 rings (SSSR count). The number of amides is 1. The van der Waals surface area contributed by atoms with Crippen molar-refractivity contribution in [1.29, 1.82) is 0 Å². The van der Waals surface area contributed by atoms with Crippen molar-refractivity contribution < 1.29 is 28.3 Å². The van der Waals surface area contributed by atoms with Crippen molar-refractivity contribution in [3.8, 4) is 0 Å². The molecule has 0 radical (unpaired) electrons. The zero-order chi connectivity index (χ0) is 17.7. The van der Waals surface area contributed by atoms with E-state index in [1.807, 2.05) is 0 Å². The second kappa shape index (κ2) is 7.63. The van der Waals surface area contributed by atoms with Crippen LogP contribution >= 0.6 is 0 Å². The fourth-order valence-corrected chi connectivity index (χ4v) is 2.24. The number of para-hydroxylation sites is 1.